The molecular weight excluding hydrogens is 448 g/mol. The van der Waals surface area contributed by atoms with Crippen molar-refractivity contribution in [1.82, 2.24) is 0 Å². The van der Waals surface area contributed by atoms with E-state index in [1.54, 1.807) is 0 Å². The molecule has 0 atom stereocenters. The molecule has 0 spiro atoms. The van der Waals surface area contributed by atoms with Crippen LogP contribution in [0, 0.1) is 29.1 Å². The summed E-state index contributed by atoms with van der Waals surface area (Å²) in [4.78, 5) is 0. The summed E-state index contributed by atoms with van der Waals surface area (Å²) >= 11 is 0. The fourth-order valence-corrected chi connectivity index (χ4v) is 9.01. The SMILES string of the molecule is COCC(COC)(C1CCCC1)C1CCCC1.COCCC(OC)(C1CCCCC1)C1CCCCC1. The lowest BCUT2D eigenvalue weighted by Gasteiger charge is -2.48. The fraction of sp³-hybridized carbons (Fsp3) is 1.00. The lowest BCUT2D eigenvalue weighted by Crippen LogP contribution is -2.49. The predicted molar refractivity (Wildman–Crippen MR) is 149 cm³/mol. The van der Waals surface area contributed by atoms with Crippen molar-refractivity contribution in [2.24, 2.45) is 29.1 Å². The summed E-state index contributed by atoms with van der Waals surface area (Å²) < 4.78 is 22.8. The van der Waals surface area contributed by atoms with Crippen LogP contribution in [0.2, 0.25) is 0 Å². The molecule has 4 fully saturated rings. The Hall–Kier alpha value is -0.160. The summed E-state index contributed by atoms with van der Waals surface area (Å²) in [5, 5.41) is 0. The van der Waals surface area contributed by atoms with Crippen molar-refractivity contribution in [1.29, 1.82) is 0 Å². The number of methoxy groups -OCH3 is 4. The van der Waals surface area contributed by atoms with Gasteiger partial charge in [-0.25, -0.2) is 0 Å². The Kier molecular flexibility index (Phi) is 13.6. The molecule has 4 aliphatic rings. The van der Waals surface area contributed by atoms with Gasteiger partial charge in [0.25, 0.3) is 0 Å². The molecule has 0 N–H and O–H groups in total. The molecule has 0 saturated heterocycles. The quantitative estimate of drug-likeness (QED) is 0.266. The van der Waals surface area contributed by atoms with Gasteiger partial charge < -0.3 is 18.9 Å². The summed E-state index contributed by atoms with van der Waals surface area (Å²) in [6, 6.07) is 0. The van der Waals surface area contributed by atoms with E-state index < -0.39 is 0 Å². The molecule has 4 rings (SSSR count). The van der Waals surface area contributed by atoms with E-state index in [4.69, 9.17) is 18.9 Å². The molecular formula is C32H60O4. The van der Waals surface area contributed by atoms with Crippen LogP contribution < -0.4 is 0 Å². The van der Waals surface area contributed by atoms with Crippen molar-refractivity contribution in [3.63, 3.8) is 0 Å². The molecule has 0 bridgehead atoms. The number of rotatable bonds is 12. The zero-order chi connectivity index (χ0) is 25.7. The highest BCUT2D eigenvalue weighted by Gasteiger charge is 2.47. The Labute approximate surface area is 223 Å². The Bertz CT molecular complexity index is 513. The normalized spacial score (nSPS) is 23.7. The molecule has 36 heavy (non-hydrogen) atoms. The highest BCUT2D eigenvalue weighted by molar-refractivity contribution is 4.97. The first-order valence-corrected chi connectivity index (χ1v) is 15.7. The van der Waals surface area contributed by atoms with Gasteiger partial charge in [0.15, 0.2) is 0 Å². The van der Waals surface area contributed by atoms with E-state index in [-0.39, 0.29) is 5.60 Å². The zero-order valence-electron chi connectivity index (χ0n) is 24.5. The molecule has 4 saturated carbocycles. The third-order valence-corrected chi connectivity index (χ3v) is 10.8. The van der Waals surface area contributed by atoms with Gasteiger partial charge in [-0.05, 0) is 75.0 Å². The van der Waals surface area contributed by atoms with Gasteiger partial charge in [0.1, 0.15) is 0 Å². The van der Waals surface area contributed by atoms with Gasteiger partial charge in [-0.2, -0.15) is 0 Å². The minimum atomic E-state index is 0.108. The molecule has 0 aromatic heterocycles. The Morgan fingerprint density at radius 3 is 1.17 bits per heavy atom. The predicted octanol–water partition coefficient (Wildman–Crippen LogP) is 8.21. The van der Waals surface area contributed by atoms with Crippen LogP contribution in [0.25, 0.3) is 0 Å². The van der Waals surface area contributed by atoms with E-state index in [0.717, 1.165) is 49.9 Å². The first-order chi connectivity index (χ1) is 17.7. The molecule has 0 heterocycles. The van der Waals surface area contributed by atoms with Crippen molar-refractivity contribution in [3.8, 4) is 0 Å². The minimum absolute atomic E-state index is 0.108. The standard InChI is InChI=1S/C17H32O2.C15H28O2/c1-18-14-13-17(19-2,15-9-5-3-6-10-15)16-11-7-4-8-12-16;1-16-11-15(12-17-2,13-7-3-4-8-13)14-9-5-6-10-14/h15-16H,3-14H2,1-2H3;13-14H,3-12H2,1-2H3. The maximum atomic E-state index is 6.24. The van der Waals surface area contributed by atoms with Crippen LogP contribution in [-0.4, -0.2) is 53.9 Å². The second kappa shape index (κ2) is 16.1. The molecule has 4 aliphatic carbocycles. The van der Waals surface area contributed by atoms with Crippen LogP contribution in [0.1, 0.15) is 122 Å². The molecule has 0 radical (unpaired) electrons. The third-order valence-electron chi connectivity index (χ3n) is 10.8. The second-order valence-corrected chi connectivity index (χ2v) is 12.6. The second-order valence-electron chi connectivity index (χ2n) is 12.6. The molecule has 0 aliphatic heterocycles. The maximum absolute atomic E-state index is 6.24. The van der Waals surface area contributed by atoms with Gasteiger partial charge in [0, 0.05) is 46.9 Å². The molecule has 0 amide bonds. The monoisotopic (exact) mass is 508 g/mol. The average molecular weight is 509 g/mol. The number of ether oxygens (including phenoxy) is 4. The van der Waals surface area contributed by atoms with Crippen LogP contribution >= 0.6 is 0 Å². The van der Waals surface area contributed by atoms with Crippen molar-refractivity contribution in [2.75, 3.05) is 48.3 Å². The highest BCUT2D eigenvalue weighted by atomic mass is 16.5. The van der Waals surface area contributed by atoms with Gasteiger partial charge in [0.05, 0.1) is 18.8 Å². The molecule has 4 heteroatoms. The Morgan fingerprint density at radius 1 is 0.472 bits per heavy atom. The van der Waals surface area contributed by atoms with Crippen molar-refractivity contribution in [2.45, 2.75) is 128 Å². The topological polar surface area (TPSA) is 36.9 Å². The van der Waals surface area contributed by atoms with E-state index >= 15 is 0 Å². The van der Waals surface area contributed by atoms with Crippen LogP contribution in [-0.2, 0) is 18.9 Å². The van der Waals surface area contributed by atoms with Gasteiger partial charge in [-0.15, -0.1) is 0 Å². The summed E-state index contributed by atoms with van der Waals surface area (Å²) in [5.41, 5.74) is 0.424. The minimum Gasteiger partial charge on any atom is -0.385 e. The van der Waals surface area contributed by atoms with Crippen molar-refractivity contribution >= 4 is 0 Å². The van der Waals surface area contributed by atoms with E-state index in [2.05, 4.69) is 0 Å². The lowest BCUT2D eigenvalue weighted by molar-refractivity contribution is -0.133. The average Bonchev–Trinajstić information content (AvgIpc) is 3.67. The molecule has 0 unspecified atom stereocenters. The van der Waals surface area contributed by atoms with Gasteiger partial charge >= 0.3 is 0 Å². The number of hydrogen-bond acceptors (Lipinski definition) is 4. The fourth-order valence-electron chi connectivity index (χ4n) is 9.01. The van der Waals surface area contributed by atoms with E-state index in [9.17, 15) is 0 Å². The maximum Gasteiger partial charge on any atom is 0.0756 e. The van der Waals surface area contributed by atoms with Crippen molar-refractivity contribution in [3.05, 3.63) is 0 Å². The highest BCUT2D eigenvalue weighted by Crippen LogP contribution is 2.51. The van der Waals surface area contributed by atoms with Gasteiger partial charge in [-0.3, -0.25) is 0 Å². The van der Waals surface area contributed by atoms with Crippen LogP contribution in [0.3, 0.4) is 0 Å². The third kappa shape index (κ3) is 7.48. The van der Waals surface area contributed by atoms with Crippen LogP contribution in [0.5, 0.6) is 0 Å². The van der Waals surface area contributed by atoms with Gasteiger partial charge in [-0.1, -0.05) is 64.2 Å². The van der Waals surface area contributed by atoms with E-state index in [0.29, 0.717) is 5.41 Å². The van der Waals surface area contributed by atoms with Crippen LogP contribution in [0.15, 0.2) is 0 Å². The Morgan fingerprint density at radius 2 is 0.833 bits per heavy atom. The molecule has 0 aromatic carbocycles. The summed E-state index contributed by atoms with van der Waals surface area (Å²) in [7, 11) is 7.49. The first kappa shape index (κ1) is 30.4. The largest absolute Gasteiger partial charge is 0.385 e. The van der Waals surface area contributed by atoms with Crippen molar-refractivity contribution < 1.29 is 18.9 Å². The summed E-state index contributed by atoms with van der Waals surface area (Å²) in [6.45, 7) is 2.65. The smallest absolute Gasteiger partial charge is 0.0756 e. The van der Waals surface area contributed by atoms with Crippen LogP contribution in [0.4, 0.5) is 0 Å². The lowest BCUT2D eigenvalue weighted by atomic mass is 9.65. The van der Waals surface area contributed by atoms with E-state index in [1.165, 1.54) is 116 Å². The Balaban J connectivity index is 0.000000202. The zero-order valence-corrected chi connectivity index (χ0v) is 24.5. The summed E-state index contributed by atoms with van der Waals surface area (Å²) in [6.07, 6.45) is 26.2. The molecule has 4 nitrogen and oxygen atoms in total. The van der Waals surface area contributed by atoms with Gasteiger partial charge in [0.2, 0.25) is 0 Å². The summed E-state index contributed by atoms with van der Waals surface area (Å²) in [5.74, 6) is 3.21. The molecule has 212 valence electrons. The molecule has 0 aromatic rings. The van der Waals surface area contributed by atoms with E-state index in [1.807, 2.05) is 28.4 Å². The first-order valence-electron chi connectivity index (χ1n) is 15.7. The number of hydrogen-bond donors (Lipinski definition) is 0.